The van der Waals surface area contributed by atoms with Crippen LogP contribution in [0.25, 0.3) is 0 Å². The number of piperazine rings is 1. The molecule has 1 fully saturated rings. The van der Waals surface area contributed by atoms with E-state index in [9.17, 15) is 23.1 Å². The quantitative estimate of drug-likeness (QED) is 0.137. The number of hydrogen-bond acceptors (Lipinski definition) is 7. The summed E-state index contributed by atoms with van der Waals surface area (Å²) in [5.41, 5.74) is 14.1. The number of carbonyl (C=O) groups excluding carboxylic acids is 1. The Hall–Kier alpha value is -3.68. The van der Waals surface area contributed by atoms with Crippen molar-refractivity contribution in [2.45, 2.75) is 83.6 Å². The van der Waals surface area contributed by atoms with Gasteiger partial charge in [-0.3, -0.25) is 10.2 Å². The molecule has 2 aromatic rings. The van der Waals surface area contributed by atoms with Crippen LogP contribution in [0, 0.1) is 0 Å². The number of nitrogens with two attached hydrogens (primary N) is 1. The smallest absolute Gasteiger partial charge is 0.409 e. The Morgan fingerprint density at radius 2 is 1.56 bits per heavy atom. The van der Waals surface area contributed by atoms with Crippen molar-refractivity contribution in [3.8, 4) is 0 Å². The molecule has 1 aliphatic heterocycles. The van der Waals surface area contributed by atoms with Crippen molar-refractivity contribution in [1.82, 2.24) is 21.1 Å². The molecular weight excluding hydrogens is 596 g/mol. The van der Waals surface area contributed by atoms with Crippen molar-refractivity contribution in [3.05, 3.63) is 64.7 Å². The van der Waals surface area contributed by atoms with Crippen LogP contribution in [0.5, 0.6) is 0 Å². The van der Waals surface area contributed by atoms with Crippen LogP contribution in [0.15, 0.2) is 51.8 Å². The summed E-state index contributed by atoms with van der Waals surface area (Å²) in [5.74, 6) is -1.41. The second kappa shape index (κ2) is 17.7. The summed E-state index contributed by atoms with van der Waals surface area (Å²) in [5, 5.41) is 12.7. The van der Waals surface area contributed by atoms with E-state index >= 15 is 0 Å². The highest BCUT2D eigenvalue weighted by Gasteiger charge is 2.27. The minimum atomic E-state index is -4.17. The number of aliphatic carboxylic acids is 1. The van der Waals surface area contributed by atoms with E-state index in [0.717, 1.165) is 37.3 Å². The van der Waals surface area contributed by atoms with E-state index < -0.39 is 28.0 Å². The first-order valence-corrected chi connectivity index (χ1v) is 16.8. The van der Waals surface area contributed by atoms with Crippen molar-refractivity contribution in [3.63, 3.8) is 0 Å². The standard InChI is InChI=1S/C25H36N4O4S.C7H14N2O2/c1-15(2)19-13-20(16(3)4)23(21(14-19)17(5)6)34(32,33)29-25(26)28-27-22(24(30)31)12-18-10-8-7-9-11-18;1-2-11-7(10)9-5-3-8-4-6-9/h7-11,13-17,22,27H,12H2,1-6H3,(H,30,31)(H3,26,28,29);8H,2-6H2,1H3/t22-;/m0./s1. The summed E-state index contributed by atoms with van der Waals surface area (Å²) in [7, 11) is -4.17. The number of carboxylic acids is 1. The van der Waals surface area contributed by atoms with Gasteiger partial charge < -0.3 is 25.8 Å². The third-order valence-corrected chi connectivity index (χ3v) is 8.58. The van der Waals surface area contributed by atoms with Crippen LogP contribution in [0.4, 0.5) is 4.79 Å². The normalized spacial score (nSPS) is 14.6. The molecule has 0 spiro atoms. The summed E-state index contributed by atoms with van der Waals surface area (Å²) in [6, 6.07) is 11.9. The fraction of sp³-hybridized carbons (Fsp3) is 0.531. The van der Waals surface area contributed by atoms with Gasteiger partial charge in [0, 0.05) is 32.6 Å². The number of guanidine groups is 1. The van der Waals surface area contributed by atoms with Crippen LogP contribution < -0.4 is 21.9 Å². The summed E-state index contributed by atoms with van der Waals surface area (Å²) >= 11 is 0. The predicted molar refractivity (Wildman–Crippen MR) is 177 cm³/mol. The number of rotatable bonds is 11. The molecule has 1 aliphatic rings. The van der Waals surface area contributed by atoms with Gasteiger partial charge in [-0.05, 0) is 46.9 Å². The van der Waals surface area contributed by atoms with Crippen LogP contribution in [0.2, 0.25) is 0 Å². The molecule has 0 bridgehead atoms. The zero-order chi connectivity index (χ0) is 33.7. The van der Waals surface area contributed by atoms with E-state index in [0.29, 0.717) is 17.7 Å². The first-order chi connectivity index (χ1) is 21.2. The summed E-state index contributed by atoms with van der Waals surface area (Å²) in [4.78, 5) is 24.6. The number of ether oxygens (including phenoxy) is 1. The Labute approximate surface area is 267 Å². The van der Waals surface area contributed by atoms with E-state index in [1.165, 1.54) is 0 Å². The van der Waals surface area contributed by atoms with Gasteiger partial charge in [0.15, 0.2) is 0 Å². The number of carboxylic acid groups (broad SMARTS) is 1. The van der Waals surface area contributed by atoms with Crippen molar-refractivity contribution in [1.29, 1.82) is 0 Å². The number of amides is 1. The van der Waals surface area contributed by atoms with Gasteiger partial charge in [0.05, 0.1) is 11.5 Å². The Kier molecular flexibility index (Phi) is 14.8. The van der Waals surface area contributed by atoms with Crippen LogP contribution in [0.3, 0.4) is 0 Å². The molecule has 1 amide bonds. The molecule has 45 heavy (non-hydrogen) atoms. The van der Waals surface area contributed by atoms with Gasteiger partial charge in [0.1, 0.15) is 6.04 Å². The largest absolute Gasteiger partial charge is 0.480 e. The molecule has 0 aromatic heterocycles. The minimum absolute atomic E-state index is 0.0502. The van der Waals surface area contributed by atoms with E-state index in [1.54, 1.807) is 17.0 Å². The Morgan fingerprint density at radius 3 is 2.02 bits per heavy atom. The number of benzene rings is 2. The minimum Gasteiger partial charge on any atom is -0.480 e. The number of carbonyl (C=O) groups is 2. The fourth-order valence-corrected chi connectivity index (χ4v) is 6.24. The molecule has 13 heteroatoms. The lowest BCUT2D eigenvalue weighted by Crippen LogP contribution is -2.51. The molecule has 1 saturated heterocycles. The average molecular weight is 647 g/mol. The number of hydrazine groups is 1. The van der Waals surface area contributed by atoms with Crippen molar-refractivity contribution in [2.24, 2.45) is 10.1 Å². The predicted octanol–water partition coefficient (Wildman–Crippen LogP) is 3.90. The number of hydrogen-bond donors (Lipinski definition) is 5. The first kappa shape index (κ1) is 37.5. The summed E-state index contributed by atoms with van der Waals surface area (Å²) in [6.07, 6.45) is -0.0107. The molecule has 6 N–H and O–H groups in total. The Balaban J connectivity index is 0.000000537. The van der Waals surface area contributed by atoms with Gasteiger partial charge in [-0.15, -0.1) is 4.40 Å². The highest BCUT2D eigenvalue weighted by molar-refractivity contribution is 7.90. The lowest BCUT2D eigenvalue weighted by atomic mass is 9.89. The van der Waals surface area contributed by atoms with Crippen LogP contribution in [0.1, 0.15) is 88.5 Å². The molecule has 2 aromatic carbocycles. The SMILES string of the molecule is CC(C)c1cc(C(C)C)c(S(=O)(=O)N=C(N)NN[C@@H](Cc2ccccc2)C(=O)O)c(C(C)C)c1.CCOC(=O)N1CCNCC1. The third kappa shape index (κ3) is 11.6. The van der Waals surface area contributed by atoms with Gasteiger partial charge in [0.25, 0.3) is 10.0 Å². The van der Waals surface area contributed by atoms with E-state index in [-0.39, 0.29) is 35.2 Å². The molecule has 3 rings (SSSR count). The molecule has 1 atom stereocenters. The number of nitrogens with one attached hydrogen (secondary N) is 3. The summed E-state index contributed by atoms with van der Waals surface area (Å²) in [6.45, 7) is 17.5. The topological polar surface area (TPSA) is 175 Å². The zero-order valence-electron chi connectivity index (χ0n) is 27.5. The molecule has 0 unspecified atom stereocenters. The third-order valence-electron chi connectivity index (χ3n) is 7.15. The Morgan fingerprint density at radius 1 is 1.00 bits per heavy atom. The highest BCUT2D eigenvalue weighted by atomic mass is 32.2. The van der Waals surface area contributed by atoms with Crippen LogP contribution in [-0.2, 0) is 26.0 Å². The van der Waals surface area contributed by atoms with Gasteiger partial charge in [-0.2, -0.15) is 8.42 Å². The lowest BCUT2D eigenvalue weighted by Gasteiger charge is -2.26. The van der Waals surface area contributed by atoms with Crippen molar-refractivity contribution >= 4 is 28.0 Å². The maximum absolute atomic E-state index is 13.4. The number of sulfonamides is 1. The van der Waals surface area contributed by atoms with Gasteiger partial charge in [0.2, 0.25) is 5.96 Å². The zero-order valence-corrected chi connectivity index (χ0v) is 28.3. The van der Waals surface area contributed by atoms with Gasteiger partial charge >= 0.3 is 12.1 Å². The molecule has 0 saturated carbocycles. The highest BCUT2D eigenvalue weighted by Crippen LogP contribution is 2.35. The molecule has 1 heterocycles. The molecular formula is C32H50N6O6S. The van der Waals surface area contributed by atoms with E-state index in [2.05, 4.69) is 34.4 Å². The Bertz CT molecular complexity index is 1360. The van der Waals surface area contributed by atoms with Gasteiger partial charge in [-0.1, -0.05) is 84.0 Å². The lowest BCUT2D eigenvalue weighted by molar-refractivity contribution is -0.139. The first-order valence-electron chi connectivity index (χ1n) is 15.4. The van der Waals surface area contributed by atoms with Gasteiger partial charge in [-0.25, -0.2) is 10.2 Å². The monoisotopic (exact) mass is 646 g/mol. The molecule has 250 valence electrons. The van der Waals surface area contributed by atoms with Crippen LogP contribution in [-0.4, -0.2) is 75.3 Å². The summed E-state index contributed by atoms with van der Waals surface area (Å²) < 4.78 is 35.4. The fourth-order valence-electron chi connectivity index (χ4n) is 4.66. The van der Waals surface area contributed by atoms with Crippen molar-refractivity contribution in [2.75, 3.05) is 32.8 Å². The van der Waals surface area contributed by atoms with Crippen molar-refractivity contribution < 1.29 is 27.9 Å². The van der Waals surface area contributed by atoms with Crippen LogP contribution >= 0.6 is 0 Å². The average Bonchev–Trinajstić information content (AvgIpc) is 2.99. The molecule has 12 nitrogen and oxygen atoms in total. The second-order valence-corrected chi connectivity index (χ2v) is 13.3. The molecule has 0 radical (unpaired) electrons. The maximum Gasteiger partial charge on any atom is 0.409 e. The molecule has 0 aliphatic carbocycles. The van der Waals surface area contributed by atoms with E-state index in [1.807, 2.05) is 65.0 Å². The van der Waals surface area contributed by atoms with E-state index in [4.69, 9.17) is 10.5 Å². The second-order valence-electron chi connectivity index (χ2n) is 11.7. The number of nitrogens with zero attached hydrogens (tertiary/aromatic N) is 2. The maximum atomic E-state index is 13.4.